The fourth-order valence-corrected chi connectivity index (χ4v) is 3.89. The van der Waals surface area contributed by atoms with Crippen molar-refractivity contribution in [1.82, 2.24) is 9.78 Å². The van der Waals surface area contributed by atoms with Gasteiger partial charge in [-0.25, -0.2) is 8.78 Å². The first kappa shape index (κ1) is 20.0. The molecule has 0 radical (unpaired) electrons. The minimum atomic E-state index is -0.939. The lowest BCUT2D eigenvalue weighted by molar-refractivity contribution is -0.112. The number of ether oxygens (including phenoxy) is 1. The van der Waals surface area contributed by atoms with E-state index >= 15 is 0 Å². The van der Waals surface area contributed by atoms with E-state index in [2.05, 4.69) is 10.4 Å². The number of benzene rings is 2. The Morgan fingerprint density at radius 1 is 1.20 bits per heavy atom. The lowest BCUT2D eigenvalue weighted by Crippen LogP contribution is -2.19. The number of methoxy groups -OCH3 is 1. The molecule has 156 valence electrons. The lowest BCUT2D eigenvalue weighted by atomic mass is 9.87. The van der Waals surface area contributed by atoms with Crippen molar-refractivity contribution in [3.8, 4) is 5.75 Å². The molecule has 1 amide bonds. The smallest absolute Gasteiger partial charge is 0.258 e. The topological polar surface area (TPSA) is 73.2 Å². The zero-order valence-electron chi connectivity index (χ0n) is 16.4. The third kappa shape index (κ3) is 3.90. The van der Waals surface area contributed by atoms with Crippen LogP contribution in [0.15, 0.2) is 36.5 Å². The van der Waals surface area contributed by atoms with Gasteiger partial charge in [0.2, 0.25) is 0 Å². The van der Waals surface area contributed by atoms with E-state index in [9.17, 15) is 18.4 Å². The van der Waals surface area contributed by atoms with Crippen LogP contribution in [-0.2, 0) is 4.79 Å². The van der Waals surface area contributed by atoms with Crippen molar-refractivity contribution in [2.45, 2.75) is 31.7 Å². The first-order valence-corrected chi connectivity index (χ1v) is 9.77. The highest BCUT2D eigenvalue weighted by Crippen LogP contribution is 2.34. The summed E-state index contributed by atoms with van der Waals surface area (Å²) in [5, 5.41) is 8.06. The number of rotatable bonds is 5. The Labute approximate surface area is 171 Å². The summed E-state index contributed by atoms with van der Waals surface area (Å²) in [5.41, 5.74) is 0.805. The molecule has 2 aromatic carbocycles. The number of nitrogens with zero attached hydrogens (tertiary/aromatic N) is 2. The van der Waals surface area contributed by atoms with E-state index in [0.29, 0.717) is 23.0 Å². The maximum absolute atomic E-state index is 13.9. The summed E-state index contributed by atoms with van der Waals surface area (Å²) in [5.74, 6) is -1.89. The van der Waals surface area contributed by atoms with E-state index in [0.717, 1.165) is 49.5 Å². The van der Waals surface area contributed by atoms with E-state index in [1.807, 2.05) is 10.9 Å². The maximum Gasteiger partial charge on any atom is 0.258 e. The first-order chi connectivity index (χ1) is 14.5. The number of nitrogens with one attached hydrogen (secondary N) is 1. The maximum atomic E-state index is 13.9. The molecule has 0 spiro atoms. The van der Waals surface area contributed by atoms with Crippen LogP contribution >= 0.6 is 0 Å². The molecule has 4 rings (SSSR count). The van der Waals surface area contributed by atoms with Crippen LogP contribution in [0.25, 0.3) is 10.9 Å². The van der Waals surface area contributed by atoms with Gasteiger partial charge in [-0.3, -0.25) is 9.48 Å². The predicted molar refractivity (Wildman–Crippen MR) is 108 cm³/mol. The Morgan fingerprint density at radius 2 is 1.97 bits per heavy atom. The van der Waals surface area contributed by atoms with Crippen molar-refractivity contribution in [3.05, 3.63) is 53.7 Å². The number of carbonyl (C=O) groups excluding carboxylic acids is 2. The molecule has 6 nitrogen and oxygen atoms in total. The van der Waals surface area contributed by atoms with Crippen LogP contribution < -0.4 is 10.1 Å². The second kappa shape index (κ2) is 8.22. The number of aromatic nitrogens is 2. The van der Waals surface area contributed by atoms with Gasteiger partial charge in [0.25, 0.3) is 5.91 Å². The second-order valence-corrected chi connectivity index (χ2v) is 7.50. The molecule has 1 fully saturated rings. The van der Waals surface area contributed by atoms with Crippen LogP contribution in [0.5, 0.6) is 5.75 Å². The van der Waals surface area contributed by atoms with Gasteiger partial charge < -0.3 is 14.8 Å². The number of amides is 1. The minimum Gasteiger partial charge on any atom is -0.494 e. The van der Waals surface area contributed by atoms with Gasteiger partial charge in [-0.05, 0) is 43.9 Å². The molecule has 8 heteroatoms. The molecule has 30 heavy (non-hydrogen) atoms. The molecule has 0 atom stereocenters. The number of anilines is 1. The monoisotopic (exact) mass is 413 g/mol. The Morgan fingerprint density at radius 3 is 2.63 bits per heavy atom. The van der Waals surface area contributed by atoms with Crippen molar-refractivity contribution in [2.24, 2.45) is 5.92 Å². The molecule has 1 heterocycles. The molecule has 0 bridgehead atoms. The van der Waals surface area contributed by atoms with Crippen molar-refractivity contribution >= 4 is 28.8 Å². The van der Waals surface area contributed by atoms with Crippen LogP contribution in [0.3, 0.4) is 0 Å². The first-order valence-electron chi connectivity index (χ1n) is 9.77. The molecular weight excluding hydrogens is 392 g/mol. The number of carbonyl (C=O) groups is 2. The van der Waals surface area contributed by atoms with Crippen LogP contribution in [0.2, 0.25) is 0 Å². The van der Waals surface area contributed by atoms with E-state index in [1.54, 1.807) is 12.1 Å². The molecule has 1 saturated carbocycles. The summed E-state index contributed by atoms with van der Waals surface area (Å²) in [6.45, 7) is 0. The van der Waals surface area contributed by atoms with Crippen LogP contribution in [0, 0.1) is 17.6 Å². The van der Waals surface area contributed by atoms with E-state index in [1.165, 1.54) is 7.11 Å². The number of hydrogen-bond donors (Lipinski definition) is 1. The summed E-state index contributed by atoms with van der Waals surface area (Å²) in [6, 6.07) is 6.43. The number of aldehydes is 1. The molecule has 1 aromatic heterocycles. The Hall–Kier alpha value is -3.29. The van der Waals surface area contributed by atoms with Gasteiger partial charge in [-0.1, -0.05) is 0 Å². The third-order valence-electron chi connectivity index (χ3n) is 5.58. The van der Waals surface area contributed by atoms with Crippen molar-refractivity contribution in [2.75, 3.05) is 12.4 Å². The van der Waals surface area contributed by atoms with Gasteiger partial charge in [-0.2, -0.15) is 5.10 Å². The molecule has 1 aliphatic rings. The Balaban J connectivity index is 1.60. The highest BCUT2D eigenvalue weighted by atomic mass is 19.1. The zero-order valence-corrected chi connectivity index (χ0v) is 16.4. The normalized spacial score (nSPS) is 18.9. The van der Waals surface area contributed by atoms with Gasteiger partial charge in [0, 0.05) is 29.6 Å². The van der Waals surface area contributed by atoms with Gasteiger partial charge >= 0.3 is 0 Å². The molecule has 3 aromatic rings. The van der Waals surface area contributed by atoms with Crippen LogP contribution in [-0.4, -0.2) is 29.1 Å². The summed E-state index contributed by atoms with van der Waals surface area (Å²) >= 11 is 0. The highest BCUT2D eigenvalue weighted by Gasteiger charge is 2.23. The molecule has 1 N–H and O–H groups in total. The highest BCUT2D eigenvalue weighted by molar-refractivity contribution is 6.06. The van der Waals surface area contributed by atoms with Crippen molar-refractivity contribution in [3.63, 3.8) is 0 Å². The lowest BCUT2D eigenvalue weighted by Gasteiger charge is -2.25. The van der Waals surface area contributed by atoms with Gasteiger partial charge in [0.1, 0.15) is 23.7 Å². The summed E-state index contributed by atoms with van der Waals surface area (Å²) in [7, 11) is 1.47. The molecule has 0 aliphatic heterocycles. The van der Waals surface area contributed by atoms with E-state index in [4.69, 9.17) is 4.74 Å². The van der Waals surface area contributed by atoms with Crippen molar-refractivity contribution < 1.29 is 23.1 Å². The Kier molecular flexibility index (Phi) is 5.48. The van der Waals surface area contributed by atoms with E-state index < -0.39 is 17.5 Å². The van der Waals surface area contributed by atoms with Gasteiger partial charge in [0.05, 0.1) is 29.9 Å². The largest absolute Gasteiger partial charge is 0.494 e. The molecule has 1 aliphatic carbocycles. The number of hydrogen-bond acceptors (Lipinski definition) is 4. The van der Waals surface area contributed by atoms with E-state index in [-0.39, 0.29) is 17.5 Å². The van der Waals surface area contributed by atoms with Gasteiger partial charge in [-0.15, -0.1) is 0 Å². The summed E-state index contributed by atoms with van der Waals surface area (Å²) in [6.07, 6.45) is 6.37. The number of halogens is 2. The molecule has 0 unspecified atom stereocenters. The fourth-order valence-electron chi connectivity index (χ4n) is 3.89. The fraction of sp³-hybridized carbons (Fsp3) is 0.318. The molecular formula is C22H21F2N3O3. The minimum absolute atomic E-state index is 0.125. The quantitative estimate of drug-likeness (QED) is 0.625. The zero-order chi connectivity index (χ0) is 21.3. The van der Waals surface area contributed by atoms with Crippen LogP contribution in [0.4, 0.5) is 14.5 Å². The number of fused-ring (bicyclic) bond motifs is 1. The third-order valence-corrected chi connectivity index (χ3v) is 5.58. The Bertz CT molecular complexity index is 1100. The predicted octanol–water partition coefficient (Wildman–Crippen LogP) is 4.51. The van der Waals surface area contributed by atoms with Crippen LogP contribution in [0.1, 0.15) is 42.1 Å². The van der Waals surface area contributed by atoms with Crippen molar-refractivity contribution in [1.29, 1.82) is 0 Å². The summed E-state index contributed by atoms with van der Waals surface area (Å²) in [4.78, 5) is 23.5. The SMILES string of the molecule is COc1cc2nn(C3CCC(C=O)CC3)cc2cc1NC(=O)c1ccc(F)cc1F. The van der Waals surface area contributed by atoms with Gasteiger partial charge in [0.15, 0.2) is 0 Å². The summed E-state index contributed by atoms with van der Waals surface area (Å²) < 4.78 is 34.3. The molecule has 0 saturated heterocycles. The average molecular weight is 413 g/mol. The standard InChI is InChI=1S/C22H21F2N3O3/c1-30-21-10-19-14(11-27(26-19)16-5-2-13(12-28)3-6-16)8-20(21)25-22(29)17-7-4-15(23)9-18(17)24/h4,7-13,16H,2-3,5-6H2,1H3,(H,25,29). The average Bonchev–Trinajstić information content (AvgIpc) is 3.16. The second-order valence-electron chi connectivity index (χ2n) is 7.50.